The molecule has 104 valence electrons. The summed E-state index contributed by atoms with van der Waals surface area (Å²) in [6, 6.07) is 7.22. The fraction of sp³-hybridized carbons (Fsp3) is 0.429. The van der Waals surface area contributed by atoms with Crippen LogP contribution in [0.2, 0.25) is 0 Å². The van der Waals surface area contributed by atoms with E-state index in [1.54, 1.807) is 12.1 Å². The molecule has 0 aliphatic rings. The number of carbonyl (C=O) groups excluding carboxylic acids is 2. The van der Waals surface area contributed by atoms with E-state index < -0.39 is 5.60 Å². The molecule has 0 fully saturated rings. The summed E-state index contributed by atoms with van der Waals surface area (Å²) >= 11 is 4.59. The second-order valence-corrected chi connectivity index (χ2v) is 6.91. The van der Waals surface area contributed by atoms with Gasteiger partial charge in [0.25, 0.3) is 0 Å². The highest BCUT2D eigenvalue weighted by atomic mass is 79.9. The van der Waals surface area contributed by atoms with Crippen molar-refractivity contribution in [2.24, 2.45) is 0 Å². The summed E-state index contributed by atoms with van der Waals surface area (Å²) in [7, 11) is 0. The Morgan fingerprint density at radius 2 is 1.95 bits per heavy atom. The Kier molecular flexibility index (Phi) is 6.07. The van der Waals surface area contributed by atoms with Crippen LogP contribution in [0.1, 0.15) is 31.1 Å². The Morgan fingerprint density at radius 1 is 1.26 bits per heavy atom. The fourth-order valence-electron chi connectivity index (χ4n) is 1.34. The highest BCUT2D eigenvalue weighted by Crippen LogP contribution is 2.15. The first-order valence-electron chi connectivity index (χ1n) is 5.86. The lowest BCUT2D eigenvalue weighted by molar-refractivity contribution is -0.151. The molecule has 0 aromatic heterocycles. The van der Waals surface area contributed by atoms with Crippen LogP contribution in [-0.4, -0.2) is 28.9 Å². The van der Waals surface area contributed by atoms with E-state index in [0.29, 0.717) is 5.56 Å². The van der Waals surface area contributed by atoms with E-state index in [2.05, 4.69) is 15.9 Å². The van der Waals surface area contributed by atoms with Crippen LogP contribution < -0.4 is 0 Å². The third-order valence-corrected chi connectivity index (χ3v) is 3.42. The number of benzene rings is 1. The zero-order chi connectivity index (χ0) is 14.5. The second kappa shape index (κ2) is 7.10. The lowest BCUT2D eigenvalue weighted by Crippen LogP contribution is -2.25. The van der Waals surface area contributed by atoms with Crippen molar-refractivity contribution in [2.45, 2.75) is 26.4 Å². The van der Waals surface area contributed by atoms with Crippen LogP contribution in [0, 0.1) is 0 Å². The molecule has 0 aliphatic carbocycles. The molecule has 3 nitrogen and oxygen atoms in total. The molecule has 0 unspecified atom stereocenters. The van der Waals surface area contributed by atoms with Crippen LogP contribution in [0.15, 0.2) is 28.7 Å². The first-order chi connectivity index (χ1) is 8.78. The lowest BCUT2D eigenvalue weighted by Gasteiger charge is -2.19. The predicted octanol–water partition coefficient (Wildman–Crippen LogP) is 3.71. The van der Waals surface area contributed by atoms with Crippen LogP contribution in [-0.2, 0) is 9.53 Å². The highest BCUT2D eigenvalue weighted by Gasteiger charge is 2.16. The number of halogens is 1. The zero-order valence-electron chi connectivity index (χ0n) is 11.2. The highest BCUT2D eigenvalue weighted by molar-refractivity contribution is 9.10. The standard InChI is InChI=1S/C14H17BrO3S/c1-14(2,3)18-13(17)9-19-8-12(16)10-5-4-6-11(15)7-10/h4-7H,8-9H2,1-3H3. The van der Waals surface area contributed by atoms with Gasteiger partial charge in [-0.1, -0.05) is 28.1 Å². The summed E-state index contributed by atoms with van der Waals surface area (Å²) in [4.78, 5) is 23.3. The molecule has 0 spiro atoms. The van der Waals surface area contributed by atoms with E-state index >= 15 is 0 Å². The normalized spacial score (nSPS) is 11.2. The van der Waals surface area contributed by atoms with Gasteiger partial charge in [-0.15, -0.1) is 11.8 Å². The number of rotatable bonds is 5. The molecule has 0 saturated carbocycles. The van der Waals surface area contributed by atoms with Crippen molar-refractivity contribution in [3.8, 4) is 0 Å². The van der Waals surface area contributed by atoms with Gasteiger partial charge in [0.05, 0.1) is 11.5 Å². The van der Waals surface area contributed by atoms with Gasteiger partial charge in [0.2, 0.25) is 0 Å². The largest absolute Gasteiger partial charge is 0.459 e. The molecule has 0 amide bonds. The van der Waals surface area contributed by atoms with Crippen molar-refractivity contribution in [1.29, 1.82) is 0 Å². The molecule has 1 rings (SSSR count). The van der Waals surface area contributed by atoms with Gasteiger partial charge in [-0.25, -0.2) is 0 Å². The summed E-state index contributed by atoms with van der Waals surface area (Å²) in [5, 5.41) is 0. The van der Waals surface area contributed by atoms with Gasteiger partial charge in [-0.2, -0.15) is 0 Å². The summed E-state index contributed by atoms with van der Waals surface area (Å²) in [5.41, 5.74) is 0.164. The zero-order valence-corrected chi connectivity index (χ0v) is 13.6. The maximum Gasteiger partial charge on any atom is 0.316 e. The molecule has 0 heterocycles. The second-order valence-electron chi connectivity index (χ2n) is 5.01. The third kappa shape index (κ3) is 6.78. The number of ether oxygens (including phenoxy) is 1. The van der Waals surface area contributed by atoms with E-state index in [1.807, 2.05) is 32.9 Å². The number of carbonyl (C=O) groups is 2. The molecule has 1 aromatic carbocycles. The Balaban J connectivity index is 2.37. The molecule has 0 atom stereocenters. The van der Waals surface area contributed by atoms with Crippen LogP contribution in [0.5, 0.6) is 0 Å². The summed E-state index contributed by atoms with van der Waals surface area (Å²) in [6.07, 6.45) is 0. The minimum atomic E-state index is -0.480. The number of Topliss-reactive ketones (excluding diaryl/α,β-unsaturated/α-hetero) is 1. The SMILES string of the molecule is CC(C)(C)OC(=O)CSCC(=O)c1cccc(Br)c1. The average molecular weight is 345 g/mol. The molecule has 1 aromatic rings. The summed E-state index contributed by atoms with van der Waals surface area (Å²) in [6.45, 7) is 5.46. The average Bonchev–Trinajstić information content (AvgIpc) is 2.26. The van der Waals surface area contributed by atoms with E-state index in [0.717, 1.165) is 4.47 Å². The first kappa shape index (κ1) is 16.2. The smallest absolute Gasteiger partial charge is 0.316 e. The van der Waals surface area contributed by atoms with Crippen LogP contribution >= 0.6 is 27.7 Å². The van der Waals surface area contributed by atoms with Crippen LogP contribution in [0.3, 0.4) is 0 Å². The number of hydrogen-bond acceptors (Lipinski definition) is 4. The lowest BCUT2D eigenvalue weighted by atomic mass is 10.2. The fourth-order valence-corrected chi connectivity index (χ4v) is 2.42. The van der Waals surface area contributed by atoms with E-state index in [4.69, 9.17) is 4.74 Å². The predicted molar refractivity (Wildman–Crippen MR) is 81.6 cm³/mol. The van der Waals surface area contributed by atoms with Gasteiger partial charge in [-0.3, -0.25) is 9.59 Å². The third-order valence-electron chi connectivity index (χ3n) is 2.02. The monoisotopic (exact) mass is 344 g/mol. The van der Waals surface area contributed by atoms with E-state index in [-0.39, 0.29) is 23.3 Å². The minimum absolute atomic E-state index is 0.00913. The Morgan fingerprint density at radius 3 is 2.53 bits per heavy atom. The number of thioether (sulfide) groups is 1. The van der Waals surface area contributed by atoms with Gasteiger partial charge in [0.15, 0.2) is 5.78 Å². The number of hydrogen-bond donors (Lipinski definition) is 0. The molecular formula is C14H17BrO3S. The molecule has 0 aliphatic heterocycles. The first-order valence-corrected chi connectivity index (χ1v) is 7.81. The Bertz CT molecular complexity index is 466. The van der Waals surface area contributed by atoms with Crippen molar-refractivity contribution in [2.75, 3.05) is 11.5 Å². The molecule has 0 N–H and O–H groups in total. The topological polar surface area (TPSA) is 43.4 Å². The van der Waals surface area contributed by atoms with E-state index in [1.165, 1.54) is 11.8 Å². The Labute approximate surface area is 126 Å². The van der Waals surface area contributed by atoms with Crippen molar-refractivity contribution in [3.05, 3.63) is 34.3 Å². The van der Waals surface area contributed by atoms with Gasteiger partial charge in [0, 0.05) is 10.0 Å². The van der Waals surface area contributed by atoms with Crippen molar-refractivity contribution in [1.82, 2.24) is 0 Å². The maximum absolute atomic E-state index is 11.9. The van der Waals surface area contributed by atoms with Crippen LogP contribution in [0.4, 0.5) is 0 Å². The quantitative estimate of drug-likeness (QED) is 0.603. The maximum atomic E-state index is 11.9. The van der Waals surface area contributed by atoms with Crippen molar-refractivity contribution in [3.63, 3.8) is 0 Å². The number of esters is 1. The van der Waals surface area contributed by atoms with Gasteiger partial charge in [0.1, 0.15) is 5.60 Å². The molecule has 5 heteroatoms. The van der Waals surface area contributed by atoms with Gasteiger partial charge in [-0.05, 0) is 32.9 Å². The molecule has 0 radical (unpaired) electrons. The minimum Gasteiger partial charge on any atom is -0.459 e. The van der Waals surface area contributed by atoms with E-state index in [9.17, 15) is 9.59 Å². The van der Waals surface area contributed by atoms with Gasteiger partial charge >= 0.3 is 5.97 Å². The van der Waals surface area contributed by atoms with Crippen LogP contribution in [0.25, 0.3) is 0 Å². The Hall–Kier alpha value is -0.810. The molecule has 19 heavy (non-hydrogen) atoms. The molecule has 0 bridgehead atoms. The molecule has 0 saturated heterocycles. The summed E-state index contributed by atoms with van der Waals surface area (Å²) in [5.74, 6) is 0.182. The van der Waals surface area contributed by atoms with Crippen molar-refractivity contribution < 1.29 is 14.3 Å². The van der Waals surface area contributed by atoms with Gasteiger partial charge < -0.3 is 4.74 Å². The molecular weight excluding hydrogens is 328 g/mol. The van der Waals surface area contributed by atoms with Crippen molar-refractivity contribution >= 4 is 39.4 Å². The number of ketones is 1. The summed E-state index contributed by atoms with van der Waals surface area (Å²) < 4.78 is 6.04.